The maximum absolute atomic E-state index is 12.5. The Balaban J connectivity index is 3.03. The second-order valence-electron chi connectivity index (χ2n) is 4.75. The lowest BCUT2D eigenvalue weighted by atomic mass is 9.90. The lowest BCUT2D eigenvalue weighted by Gasteiger charge is -2.12. The Morgan fingerprint density at radius 2 is 2.00 bits per heavy atom. The van der Waals surface area contributed by atoms with Crippen molar-refractivity contribution < 1.29 is 18.0 Å². The van der Waals surface area contributed by atoms with Crippen LogP contribution in [0.15, 0.2) is 24.3 Å². The van der Waals surface area contributed by atoms with Crippen LogP contribution >= 0.6 is 0 Å². The Morgan fingerprint density at radius 1 is 1.37 bits per heavy atom. The molecule has 0 heterocycles. The van der Waals surface area contributed by atoms with E-state index >= 15 is 0 Å². The van der Waals surface area contributed by atoms with Crippen LogP contribution in [0.3, 0.4) is 0 Å². The number of nitriles is 1. The fourth-order valence-electron chi connectivity index (χ4n) is 1.74. The lowest BCUT2D eigenvalue weighted by Crippen LogP contribution is -2.16. The number of benzene rings is 1. The SMILES string of the molecule is CC(C)CC(C#N)C(=O)c1cccc(C(F)(F)F)c1. The number of nitrogens with zero attached hydrogens (tertiary/aromatic N) is 1. The molecule has 0 amide bonds. The Kier molecular flexibility index (Phi) is 4.71. The van der Waals surface area contributed by atoms with Gasteiger partial charge in [0.2, 0.25) is 0 Å². The van der Waals surface area contributed by atoms with Crippen LogP contribution in [0.25, 0.3) is 0 Å². The Hall–Kier alpha value is -1.83. The molecule has 5 heteroatoms. The summed E-state index contributed by atoms with van der Waals surface area (Å²) in [6, 6.07) is 6.05. The van der Waals surface area contributed by atoms with Gasteiger partial charge in [-0.05, 0) is 24.5 Å². The van der Waals surface area contributed by atoms with Gasteiger partial charge in [-0.3, -0.25) is 4.79 Å². The van der Waals surface area contributed by atoms with Gasteiger partial charge in [0.25, 0.3) is 0 Å². The van der Waals surface area contributed by atoms with Crippen LogP contribution in [-0.4, -0.2) is 5.78 Å². The van der Waals surface area contributed by atoms with E-state index in [4.69, 9.17) is 5.26 Å². The topological polar surface area (TPSA) is 40.9 Å². The number of hydrogen-bond donors (Lipinski definition) is 0. The molecule has 0 aliphatic heterocycles. The number of rotatable bonds is 4. The van der Waals surface area contributed by atoms with Crippen LogP contribution in [0.2, 0.25) is 0 Å². The van der Waals surface area contributed by atoms with Crippen molar-refractivity contribution in [2.75, 3.05) is 0 Å². The predicted octanol–water partition coefficient (Wildman–Crippen LogP) is 4.07. The molecule has 1 aromatic rings. The number of carbonyl (C=O) groups is 1. The summed E-state index contributed by atoms with van der Waals surface area (Å²) in [5.41, 5.74) is -0.943. The average molecular weight is 269 g/mol. The Morgan fingerprint density at radius 3 is 2.47 bits per heavy atom. The largest absolute Gasteiger partial charge is 0.416 e. The molecule has 1 unspecified atom stereocenters. The van der Waals surface area contributed by atoms with E-state index in [0.717, 1.165) is 12.1 Å². The molecule has 1 aromatic carbocycles. The summed E-state index contributed by atoms with van der Waals surface area (Å²) < 4.78 is 37.6. The second kappa shape index (κ2) is 5.87. The van der Waals surface area contributed by atoms with Gasteiger partial charge in [0.1, 0.15) is 5.92 Å². The summed E-state index contributed by atoms with van der Waals surface area (Å²) in [7, 11) is 0. The zero-order valence-corrected chi connectivity index (χ0v) is 10.7. The molecule has 0 N–H and O–H groups in total. The molecule has 1 atom stereocenters. The van der Waals surface area contributed by atoms with E-state index in [1.807, 2.05) is 19.9 Å². The molecule has 1 rings (SSSR count). The van der Waals surface area contributed by atoms with E-state index < -0.39 is 23.4 Å². The van der Waals surface area contributed by atoms with Crippen molar-refractivity contribution >= 4 is 5.78 Å². The Labute approximate surface area is 109 Å². The summed E-state index contributed by atoms with van der Waals surface area (Å²) in [5.74, 6) is -1.33. The molecule has 0 saturated heterocycles. The lowest BCUT2D eigenvalue weighted by molar-refractivity contribution is -0.137. The molecular formula is C14H14F3NO. The van der Waals surface area contributed by atoms with Crippen molar-refractivity contribution in [3.8, 4) is 6.07 Å². The molecule has 0 radical (unpaired) electrons. The molecule has 0 saturated carbocycles. The molecule has 0 fully saturated rings. The zero-order chi connectivity index (χ0) is 14.6. The van der Waals surface area contributed by atoms with Gasteiger partial charge in [-0.2, -0.15) is 18.4 Å². The van der Waals surface area contributed by atoms with Crippen molar-refractivity contribution in [3.63, 3.8) is 0 Å². The molecule has 0 bridgehead atoms. The van der Waals surface area contributed by atoms with E-state index in [9.17, 15) is 18.0 Å². The molecule has 19 heavy (non-hydrogen) atoms. The van der Waals surface area contributed by atoms with Crippen molar-refractivity contribution in [3.05, 3.63) is 35.4 Å². The molecule has 0 aromatic heterocycles. The van der Waals surface area contributed by atoms with E-state index in [-0.39, 0.29) is 11.5 Å². The van der Waals surface area contributed by atoms with Gasteiger partial charge in [-0.15, -0.1) is 0 Å². The summed E-state index contributed by atoms with van der Waals surface area (Å²) in [6.07, 6.45) is -4.15. The van der Waals surface area contributed by atoms with Crippen LogP contribution < -0.4 is 0 Å². The summed E-state index contributed by atoms with van der Waals surface area (Å²) in [5, 5.41) is 8.94. The first-order valence-corrected chi connectivity index (χ1v) is 5.86. The normalized spacial score (nSPS) is 13.1. The first kappa shape index (κ1) is 15.2. The fraction of sp³-hybridized carbons (Fsp3) is 0.429. The minimum atomic E-state index is -4.49. The first-order chi connectivity index (χ1) is 8.75. The van der Waals surface area contributed by atoms with Gasteiger partial charge in [-0.25, -0.2) is 0 Å². The third-order valence-electron chi connectivity index (χ3n) is 2.65. The van der Waals surface area contributed by atoms with Crippen LogP contribution in [0.4, 0.5) is 13.2 Å². The number of halogens is 3. The smallest absolute Gasteiger partial charge is 0.293 e. The number of ketones is 1. The quantitative estimate of drug-likeness (QED) is 0.773. The average Bonchev–Trinajstić information content (AvgIpc) is 2.34. The van der Waals surface area contributed by atoms with Crippen LogP contribution in [-0.2, 0) is 6.18 Å². The van der Waals surface area contributed by atoms with Crippen molar-refractivity contribution in [2.45, 2.75) is 26.4 Å². The maximum Gasteiger partial charge on any atom is 0.416 e. The summed E-state index contributed by atoms with van der Waals surface area (Å²) in [6.45, 7) is 3.70. The molecule has 0 spiro atoms. The molecular weight excluding hydrogens is 255 g/mol. The number of alkyl halides is 3. The standard InChI is InChI=1S/C14H14F3NO/c1-9(2)6-11(8-18)13(19)10-4-3-5-12(7-10)14(15,16)17/h3-5,7,9,11H,6H2,1-2H3. The Bertz CT molecular complexity index is 500. The van der Waals surface area contributed by atoms with Gasteiger partial charge >= 0.3 is 6.18 Å². The van der Waals surface area contributed by atoms with Crippen LogP contribution in [0.5, 0.6) is 0 Å². The highest BCUT2D eigenvalue weighted by Gasteiger charge is 2.31. The highest BCUT2D eigenvalue weighted by atomic mass is 19.4. The summed E-state index contributed by atoms with van der Waals surface area (Å²) in [4.78, 5) is 12.0. The van der Waals surface area contributed by atoms with Crippen molar-refractivity contribution in [1.29, 1.82) is 5.26 Å². The number of carbonyl (C=O) groups excluding carboxylic acids is 1. The number of hydrogen-bond acceptors (Lipinski definition) is 2. The monoisotopic (exact) mass is 269 g/mol. The third-order valence-corrected chi connectivity index (χ3v) is 2.65. The molecule has 2 nitrogen and oxygen atoms in total. The van der Waals surface area contributed by atoms with Gasteiger partial charge in [0.15, 0.2) is 5.78 Å². The third kappa shape index (κ3) is 4.09. The van der Waals surface area contributed by atoms with Gasteiger partial charge < -0.3 is 0 Å². The van der Waals surface area contributed by atoms with Crippen molar-refractivity contribution in [2.24, 2.45) is 11.8 Å². The van der Waals surface area contributed by atoms with Crippen LogP contribution in [0, 0.1) is 23.2 Å². The minimum Gasteiger partial charge on any atom is -0.293 e. The highest BCUT2D eigenvalue weighted by molar-refractivity contribution is 5.99. The maximum atomic E-state index is 12.5. The first-order valence-electron chi connectivity index (χ1n) is 5.86. The van der Waals surface area contributed by atoms with Gasteiger partial charge in [0.05, 0.1) is 11.6 Å². The second-order valence-corrected chi connectivity index (χ2v) is 4.75. The van der Waals surface area contributed by atoms with E-state index in [1.54, 1.807) is 0 Å². The fourth-order valence-corrected chi connectivity index (χ4v) is 1.74. The molecule has 0 aliphatic carbocycles. The number of Topliss-reactive ketones (excluding diaryl/α,β-unsaturated/α-hetero) is 1. The van der Waals surface area contributed by atoms with E-state index in [2.05, 4.69) is 0 Å². The van der Waals surface area contributed by atoms with E-state index in [0.29, 0.717) is 6.42 Å². The molecule has 102 valence electrons. The van der Waals surface area contributed by atoms with E-state index in [1.165, 1.54) is 12.1 Å². The molecule has 0 aliphatic rings. The van der Waals surface area contributed by atoms with Gasteiger partial charge in [-0.1, -0.05) is 26.0 Å². The predicted molar refractivity (Wildman–Crippen MR) is 64.3 cm³/mol. The van der Waals surface area contributed by atoms with Crippen LogP contribution in [0.1, 0.15) is 36.2 Å². The van der Waals surface area contributed by atoms with Gasteiger partial charge in [0, 0.05) is 5.56 Å². The highest BCUT2D eigenvalue weighted by Crippen LogP contribution is 2.30. The zero-order valence-electron chi connectivity index (χ0n) is 10.7. The minimum absolute atomic E-state index is 0.0676. The van der Waals surface area contributed by atoms with Crippen molar-refractivity contribution in [1.82, 2.24) is 0 Å². The summed E-state index contributed by atoms with van der Waals surface area (Å²) >= 11 is 0.